The number of carbonyl (C=O) groups excluding carboxylic acids is 1. The minimum atomic E-state index is -0.335. The van der Waals surface area contributed by atoms with E-state index in [1.165, 1.54) is 24.3 Å². The highest BCUT2D eigenvalue weighted by atomic mass is 19.1. The first-order valence-electron chi connectivity index (χ1n) is 8.44. The van der Waals surface area contributed by atoms with E-state index in [0.717, 1.165) is 19.4 Å². The van der Waals surface area contributed by atoms with Crippen molar-refractivity contribution in [1.29, 1.82) is 0 Å². The van der Waals surface area contributed by atoms with Crippen LogP contribution in [0, 0.1) is 5.82 Å². The van der Waals surface area contributed by atoms with Crippen molar-refractivity contribution in [2.24, 2.45) is 0 Å². The molecular weight excluding hydrogens is 325 g/mol. The van der Waals surface area contributed by atoms with Gasteiger partial charge in [-0.15, -0.1) is 0 Å². The number of rotatable bonds is 5. The van der Waals surface area contributed by atoms with Gasteiger partial charge in [-0.25, -0.2) is 9.18 Å². The molecule has 2 N–H and O–H groups in total. The topological polar surface area (TPSA) is 83.3 Å². The molecule has 1 saturated heterocycles. The van der Waals surface area contributed by atoms with Gasteiger partial charge < -0.3 is 15.2 Å². The summed E-state index contributed by atoms with van der Waals surface area (Å²) in [6.45, 7) is 5.55. The van der Waals surface area contributed by atoms with Crippen LogP contribution < -0.4 is 10.6 Å². The van der Waals surface area contributed by atoms with E-state index in [9.17, 15) is 9.18 Å². The predicted octanol–water partition coefficient (Wildman–Crippen LogP) is 2.73. The molecule has 1 fully saturated rings. The molecule has 8 heteroatoms. The fourth-order valence-electron chi connectivity index (χ4n) is 2.88. The lowest BCUT2D eigenvalue weighted by molar-refractivity contribution is 0.204. The molecule has 2 atom stereocenters. The first kappa shape index (κ1) is 17.3. The second-order valence-electron chi connectivity index (χ2n) is 6.16. The largest absolute Gasteiger partial charge is 0.338 e. The Bertz CT molecular complexity index is 718. The van der Waals surface area contributed by atoms with Gasteiger partial charge in [0.25, 0.3) is 0 Å². The van der Waals surface area contributed by atoms with E-state index < -0.39 is 0 Å². The number of hydrogen-bond donors (Lipinski definition) is 2. The van der Waals surface area contributed by atoms with E-state index in [1.807, 2.05) is 13.8 Å². The molecular formula is C17H22FN5O2. The van der Waals surface area contributed by atoms with E-state index in [0.29, 0.717) is 23.9 Å². The second-order valence-corrected chi connectivity index (χ2v) is 6.16. The van der Waals surface area contributed by atoms with Gasteiger partial charge in [-0.2, -0.15) is 4.98 Å². The molecule has 2 heterocycles. The number of aryl methyl sites for hydroxylation is 1. The van der Waals surface area contributed by atoms with Gasteiger partial charge in [0, 0.05) is 31.2 Å². The minimum Gasteiger partial charge on any atom is -0.338 e. The Balaban J connectivity index is 1.50. The van der Waals surface area contributed by atoms with E-state index in [1.54, 1.807) is 0 Å². The monoisotopic (exact) mass is 347 g/mol. The summed E-state index contributed by atoms with van der Waals surface area (Å²) in [5.74, 6) is 0.973. The SMILES string of the molecule is CCc1noc(C(C)N2CCC(NC(=O)Nc3ccc(F)cc3)C2)n1. The van der Waals surface area contributed by atoms with E-state index in [2.05, 4.69) is 25.7 Å². The number of likely N-dealkylation sites (tertiary alicyclic amines) is 1. The number of amides is 2. The minimum absolute atomic E-state index is 0.0137. The van der Waals surface area contributed by atoms with Crippen LogP contribution >= 0.6 is 0 Å². The summed E-state index contributed by atoms with van der Waals surface area (Å²) < 4.78 is 18.2. The number of anilines is 1. The van der Waals surface area contributed by atoms with Crippen molar-refractivity contribution in [3.8, 4) is 0 Å². The van der Waals surface area contributed by atoms with Crippen LogP contribution in [-0.4, -0.2) is 40.2 Å². The normalized spacial score (nSPS) is 18.9. The lowest BCUT2D eigenvalue weighted by Gasteiger charge is -2.21. The smallest absolute Gasteiger partial charge is 0.319 e. The predicted molar refractivity (Wildman–Crippen MR) is 90.6 cm³/mol. The fourth-order valence-corrected chi connectivity index (χ4v) is 2.88. The van der Waals surface area contributed by atoms with Crippen LogP contribution in [0.15, 0.2) is 28.8 Å². The zero-order valence-corrected chi connectivity index (χ0v) is 14.3. The van der Waals surface area contributed by atoms with Crippen molar-refractivity contribution in [1.82, 2.24) is 20.4 Å². The quantitative estimate of drug-likeness (QED) is 0.869. The molecule has 0 saturated carbocycles. The van der Waals surface area contributed by atoms with Gasteiger partial charge in [0.2, 0.25) is 5.89 Å². The molecule has 1 aliphatic heterocycles. The molecule has 1 aromatic carbocycles. The van der Waals surface area contributed by atoms with Crippen LogP contribution in [0.2, 0.25) is 0 Å². The standard InChI is InChI=1S/C17H22FN5O2/c1-3-15-21-16(25-22-15)11(2)23-9-8-14(10-23)20-17(24)19-13-6-4-12(18)5-7-13/h4-7,11,14H,3,8-10H2,1-2H3,(H2,19,20,24). The zero-order valence-electron chi connectivity index (χ0n) is 14.3. The highest BCUT2D eigenvalue weighted by Crippen LogP contribution is 2.23. The van der Waals surface area contributed by atoms with Gasteiger partial charge in [0.05, 0.1) is 6.04 Å². The number of benzene rings is 1. The van der Waals surface area contributed by atoms with Gasteiger partial charge in [-0.05, 0) is 37.6 Å². The summed E-state index contributed by atoms with van der Waals surface area (Å²) >= 11 is 0. The third kappa shape index (κ3) is 4.33. The van der Waals surface area contributed by atoms with Gasteiger partial charge in [0.1, 0.15) is 5.82 Å². The Hall–Kier alpha value is -2.48. The van der Waals surface area contributed by atoms with E-state index >= 15 is 0 Å². The van der Waals surface area contributed by atoms with Crippen LogP contribution in [-0.2, 0) is 6.42 Å². The van der Waals surface area contributed by atoms with Crippen LogP contribution in [0.25, 0.3) is 0 Å². The Morgan fingerprint density at radius 2 is 2.20 bits per heavy atom. The Kier molecular flexibility index (Phi) is 5.28. The molecule has 134 valence electrons. The van der Waals surface area contributed by atoms with Crippen LogP contribution in [0.5, 0.6) is 0 Å². The Labute approximate surface area is 145 Å². The number of nitrogens with one attached hydrogen (secondary N) is 2. The molecule has 2 amide bonds. The average Bonchev–Trinajstić information content (AvgIpc) is 3.25. The van der Waals surface area contributed by atoms with Crippen LogP contribution in [0.3, 0.4) is 0 Å². The van der Waals surface area contributed by atoms with Crippen molar-refractivity contribution in [3.05, 3.63) is 41.8 Å². The highest BCUT2D eigenvalue weighted by molar-refractivity contribution is 5.89. The molecule has 2 unspecified atom stereocenters. The van der Waals surface area contributed by atoms with Gasteiger partial charge in [0.15, 0.2) is 5.82 Å². The number of nitrogens with zero attached hydrogens (tertiary/aromatic N) is 3. The molecule has 1 aliphatic rings. The maximum absolute atomic E-state index is 12.9. The summed E-state index contributed by atoms with van der Waals surface area (Å²) in [4.78, 5) is 18.6. The summed E-state index contributed by atoms with van der Waals surface area (Å²) in [5.41, 5.74) is 0.556. The molecule has 0 spiro atoms. The highest BCUT2D eigenvalue weighted by Gasteiger charge is 2.30. The fraction of sp³-hybridized carbons (Fsp3) is 0.471. The summed E-state index contributed by atoms with van der Waals surface area (Å²) in [7, 11) is 0. The van der Waals surface area contributed by atoms with Crippen molar-refractivity contribution in [2.75, 3.05) is 18.4 Å². The third-order valence-corrected chi connectivity index (χ3v) is 4.36. The summed E-state index contributed by atoms with van der Waals surface area (Å²) in [5, 5.41) is 9.58. The molecule has 0 bridgehead atoms. The van der Waals surface area contributed by atoms with Crippen molar-refractivity contribution < 1.29 is 13.7 Å². The van der Waals surface area contributed by atoms with Gasteiger partial charge in [-0.1, -0.05) is 12.1 Å². The molecule has 7 nitrogen and oxygen atoms in total. The Morgan fingerprint density at radius 1 is 1.44 bits per heavy atom. The van der Waals surface area contributed by atoms with Crippen LogP contribution in [0.4, 0.5) is 14.9 Å². The molecule has 3 rings (SSSR count). The average molecular weight is 347 g/mol. The first-order valence-corrected chi connectivity index (χ1v) is 8.44. The van der Waals surface area contributed by atoms with Crippen molar-refractivity contribution >= 4 is 11.7 Å². The first-order chi connectivity index (χ1) is 12.0. The lowest BCUT2D eigenvalue weighted by atomic mass is 10.2. The number of hydrogen-bond acceptors (Lipinski definition) is 5. The number of urea groups is 1. The maximum atomic E-state index is 12.9. The van der Waals surface area contributed by atoms with E-state index in [-0.39, 0.29) is 23.9 Å². The number of carbonyl (C=O) groups is 1. The number of aromatic nitrogens is 2. The van der Waals surface area contributed by atoms with Crippen LogP contribution in [0.1, 0.15) is 38.0 Å². The third-order valence-electron chi connectivity index (χ3n) is 4.36. The summed E-state index contributed by atoms with van der Waals surface area (Å²) in [6.07, 6.45) is 1.58. The zero-order chi connectivity index (χ0) is 17.8. The second kappa shape index (κ2) is 7.60. The molecule has 2 aromatic rings. The molecule has 1 aromatic heterocycles. The Morgan fingerprint density at radius 3 is 2.88 bits per heavy atom. The van der Waals surface area contributed by atoms with E-state index in [4.69, 9.17) is 4.52 Å². The van der Waals surface area contributed by atoms with Gasteiger partial charge in [-0.3, -0.25) is 4.90 Å². The molecule has 0 radical (unpaired) electrons. The van der Waals surface area contributed by atoms with Crippen molar-refractivity contribution in [2.45, 2.75) is 38.8 Å². The van der Waals surface area contributed by atoms with Gasteiger partial charge >= 0.3 is 6.03 Å². The maximum Gasteiger partial charge on any atom is 0.319 e. The van der Waals surface area contributed by atoms with Crippen molar-refractivity contribution in [3.63, 3.8) is 0 Å². The lowest BCUT2D eigenvalue weighted by Crippen LogP contribution is -2.40. The molecule has 0 aliphatic carbocycles. The molecule has 25 heavy (non-hydrogen) atoms. The number of halogens is 1. The summed E-state index contributed by atoms with van der Waals surface area (Å²) in [6, 6.07) is 5.43.